The normalized spacial score (nSPS) is 10.9. The number of hydrogen-bond donors (Lipinski definition) is 2. The molecule has 0 unspecified atom stereocenters. The molecule has 3 aromatic rings. The third kappa shape index (κ3) is 3.77. The second kappa shape index (κ2) is 7.49. The molecule has 5 nitrogen and oxygen atoms in total. The number of benzene rings is 3. The molecule has 0 heterocycles. The van der Waals surface area contributed by atoms with Crippen LogP contribution < -0.4 is 15.9 Å². The highest BCUT2D eigenvalue weighted by Crippen LogP contribution is 2.26. The minimum Gasteiger partial charge on any atom is -0.493 e. The number of nitrogen functional groups attached to an aromatic ring is 1. The van der Waals surface area contributed by atoms with Gasteiger partial charge in [-0.25, -0.2) is 5.43 Å². The van der Waals surface area contributed by atoms with Crippen molar-refractivity contribution in [1.82, 2.24) is 5.43 Å². The lowest BCUT2D eigenvalue weighted by Crippen LogP contribution is -2.17. The first-order valence-electron chi connectivity index (χ1n) is 8.02. The topological polar surface area (TPSA) is 76.7 Å². The van der Waals surface area contributed by atoms with Gasteiger partial charge < -0.3 is 10.5 Å². The zero-order chi connectivity index (χ0) is 17.6. The minimum absolute atomic E-state index is 0.297. The first kappa shape index (κ1) is 16.5. The van der Waals surface area contributed by atoms with E-state index in [1.165, 1.54) is 0 Å². The van der Waals surface area contributed by atoms with Crippen molar-refractivity contribution < 1.29 is 9.53 Å². The average molecular weight is 333 g/mol. The molecule has 0 saturated carbocycles. The van der Waals surface area contributed by atoms with Crippen LogP contribution in [-0.2, 0) is 0 Å². The number of hydrazone groups is 1. The van der Waals surface area contributed by atoms with Gasteiger partial charge in [0.05, 0.1) is 12.8 Å². The lowest BCUT2D eigenvalue weighted by molar-refractivity contribution is 0.0955. The summed E-state index contributed by atoms with van der Waals surface area (Å²) in [6.07, 6.45) is 1.61. The number of carbonyl (C=O) groups is 1. The van der Waals surface area contributed by atoms with Gasteiger partial charge in [-0.05, 0) is 48.0 Å². The highest BCUT2D eigenvalue weighted by Gasteiger charge is 2.07. The second-order valence-electron chi connectivity index (χ2n) is 5.45. The van der Waals surface area contributed by atoms with Gasteiger partial charge in [0.15, 0.2) is 0 Å². The van der Waals surface area contributed by atoms with E-state index in [0.29, 0.717) is 17.9 Å². The summed E-state index contributed by atoms with van der Waals surface area (Å²) in [7, 11) is 0. The molecule has 126 valence electrons. The number of rotatable bonds is 5. The van der Waals surface area contributed by atoms with Crippen LogP contribution in [0.4, 0.5) is 5.69 Å². The molecule has 3 aromatic carbocycles. The Hall–Kier alpha value is -3.34. The number of fused-ring (bicyclic) bond motifs is 1. The van der Waals surface area contributed by atoms with Crippen molar-refractivity contribution in [2.75, 3.05) is 12.3 Å². The van der Waals surface area contributed by atoms with E-state index in [9.17, 15) is 4.79 Å². The van der Waals surface area contributed by atoms with Crippen LogP contribution in [0.15, 0.2) is 65.8 Å². The summed E-state index contributed by atoms with van der Waals surface area (Å²) in [6, 6.07) is 18.5. The number of hydrogen-bond acceptors (Lipinski definition) is 4. The highest BCUT2D eigenvalue weighted by molar-refractivity contribution is 6.03. The Labute approximate surface area is 146 Å². The first-order valence-corrected chi connectivity index (χ1v) is 8.02. The van der Waals surface area contributed by atoms with Gasteiger partial charge in [-0.15, -0.1) is 0 Å². The molecule has 3 N–H and O–H groups in total. The Balaban J connectivity index is 1.86. The number of amides is 1. The molecule has 5 heteroatoms. The van der Waals surface area contributed by atoms with Crippen molar-refractivity contribution in [3.8, 4) is 5.75 Å². The summed E-state index contributed by atoms with van der Waals surface area (Å²) in [5.74, 6) is 0.432. The maximum atomic E-state index is 12.1. The quantitative estimate of drug-likeness (QED) is 0.425. The van der Waals surface area contributed by atoms with Crippen LogP contribution in [0, 0.1) is 0 Å². The third-order valence-electron chi connectivity index (χ3n) is 3.76. The molecule has 0 aliphatic carbocycles. The van der Waals surface area contributed by atoms with Crippen LogP contribution in [0.1, 0.15) is 22.8 Å². The molecular weight excluding hydrogens is 314 g/mol. The minimum atomic E-state index is -0.297. The lowest BCUT2D eigenvalue weighted by Gasteiger charge is -2.10. The summed E-state index contributed by atoms with van der Waals surface area (Å²) in [5.41, 5.74) is 10.1. The van der Waals surface area contributed by atoms with Crippen molar-refractivity contribution in [3.63, 3.8) is 0 Å². The van der Waals surface area contributed by atoms with E-state index in [1.807, 2.05) is 43.3 Å². The molecule has 0 atom stereocenters. The Bertz CT molecular complexity index is 918. The number of anilines is 1. The summed E-state index contributed by atoms with van der Waals surface area (Å²) in [5, 5.41) is 6.19. The van der Waals surface area contributed by atoms with E-state index in [2.05, 4.69) is 10.5 Å². The van der Waals surface area contributed by atoms with Gasteiger partial charge in [0.1, 0.15) is 5.75 Å². The molecule has 0 fully saturated rings. The lowest BCUT2D eigenvalue weighted by atomic mass is 10.0. The molecule has 0 spiro atoms. The Morgan fingerprint density at radius 2 is 1.88 bits per heavy atom. The van der Waals surface area contributed by atoms with Crippen LogP contribution in [-0.4, -0.2) is 18.7 Å². The fraction of sp³-hybridized carbons (Fsp3) is 0.100. The van der Waals surface area contributed by atoms with E-state index in [-0.39, 0.29) is 5.91 Å². The number of ether oxygens (including phenoxy) is 1. The first-order chi connectivity index (χ1) is 12.2. The molecule has 0 aromatic heterocycles. The SMILES string of the molecule is CCOc1ccc2ccccc2c1/C=N\NC(=O)c1ccc(N)cc1. The van der Waals surface area contributed by atoms with Gasteiger partial charge in [-0.1, -0.05) is 30.3 Å². The predicted octanol–water partition coefficient (Wildman–Crippen LogP) is 3.58. The molecule has 0 aliphatic heterocycles. The maximum Gasteiger partial charge on any atom is 0.271 e. The fourth-order valence-electron chi connectivity index (χ4n) is 2.54. The number of nitrogens with two attached hydrogens (primary N) is 1. The van der Waals surface area contributed by atoms with Crippen molar-refractivity contribution in [1.29, 1.82) is 0 Å². The van der Waals surface area contributed by atoms with Gasteiger partial charge in [0, 0.05) is 16.8 Å². The van der Waals surface area contributed by atoms with Gasteiger partial charge in [0.25, 0.3) is 5.91 Å². The van der Waals surface area contributed by atoms with Gasteiger partial charge in [-0.2, -0.15) is 5.10 Å². The van der Waals surface area contributed by atoms with Gasteiger partial charge >= 0.3 is 0 Å². The molecule has 1 amide bonds. The monoisotopic (exact) mass is 333 g/mol. The third-order valence-corrected chi connectivity index (χ3v) is 3.76. The molecule has 3 rings (SSSR count). The summed E-state index contributed by atoms with van der Waals surface area (Å²) >= 11 is 0. The number of carbonyl (C=O) groups excluding carboxylic acids is 1. The smallest absolute Gasteiger partial charge is 0.271 e. The molecule has 0 aliphatic rings. The van der Waals surface area contributed by atoms with Crippen LogP contribution in [0.2, 0.25) is 0 Å². The van der Waals surface area contributed by atoms with Crippen LogP contribution >= 0.6 is 0 Å². The fourth-order valence-corrected chi connectivity index (χ4v) is 2.54. The van der Waals surface area contributed by atoms with Crippen LogP contribution in [0.5, 0.6) is 5.75 Å². The van der Waals surface area contributed by atoms with Crippen LogP contribution in [0.25, 0.3) is 10.8 Å². The Morgan fingerprint density at radius 1 is 1.12 bits per heavy atom. The van der Waals surface area contributed by atoms with Crippen molar-refractivity contribution >= 4 is 28.6 Å². The van der Waals surface area contributed by atoms with E-state index < -0.39 is 0 Å². The second-order valence-corrected chi connectivity index (χ2v) is 5.45. The van der Waals surface area contributed by atoms with Crippen LogP contribution in [0.3, 0.4) is 0 Å². The largest absolute Gasteiger partial charge is 0.493 e. The van der Waals surface area contributed by atoms with Gasteiger partial charge in [0.2, 0.25) is 0 Å². The standard InChI is InChI=1S/C20H19N3O2/c1-2-25-19-12-9-14-5-3-4-6-17(14)18(19)13-22-23-20(24)15-7-10-16(21)11-8-15/h3-13H,2,21H2,1H3,(H,23,24)/b22-13-. The van der Waals surface area contributed by atoms with Crippen molar-refractivity contribution in [2.24, 2.45) is 5.10 Å². The maximum absolute atomic E-state index is 12.1. The van der Waals surface area contributed by atoms with Crippen molar-refractivity contribution in [2.45, 2.75) is 6.92 Å². The van der Waals surface area contributed by atoms with Gasteiger partial charge in [-0.3, -0.25) is 4.79 Å². The van der Waals surface area contributed by atoms with E-state index in [0.717, 1.165) is 22.1 Å². The van der Waals surface area contributed by atoms with E-state index >= 15 is 0 Å². The Morgan fingerprint density at radius 3 is 2.64 bits per heavy atom. The molecule has 0 saturated heterocycles. The van der Waals surface area contributed by atoms with E-state index in [4.69, 9.17) is 10.5 Å². The number of nitrogens with one attached hydrogen (secondary N) is 1. The molecule has 25 heavy (non-hydrogen) atoms. The molecule has 0 bridgehead atoms. The predicted molar refractivity (Wildman–Crippen MR) is 101 cm³/mol. The average Bonchev–Trinajstić information content (AvgIpc) is 2.64. The molecule has 0 radical (unpaired) electrons. The zero-order valence-electron chi connectivity index (χ0n) is 13.9. The van der Waals surface area contributed by atoms with Crippen molar-refractivity contribution in [3.05, 3.63) is 71.8 Å². The number of nitrogens with zero attached hydrogens (tertiary/aromatic N) is 1. The summed E-state index contributed by atoms with van der Waals surface area (Å²) in [6.45, 7) is 2.48. The highest BCUT2D eigenvalue weighted by atomic mass is 16.5. The summed E-state index contributed by atoms with van der Waals surface area (Å²) < 4.78 is 5.68. The Kier molecular flexibility index (Phi) is 4.95. The molecular formula is C20H19N3O2. The van der Waals surface area contributed by atoms with E-state index in [1.54, 1.807) is 30.5 Å². The summed E-state index contributed by atoms with van der Waals surface area (Å²) in [4.78, 5) is 12.1. The zero-order valence-corrected chi connectivity index (χ0v) is 13.9.